The minimum absolute atomic E-state index is 0.0910. The largest absolute Gasteiger partial charge is 0.345 e. The molecule has 0 spiro atoms. The first-order valence-electron chi connectivity index (χ1n) is 9.76. The Morgan fingerprint density at radius 3 is 2.61 bits per heavy atom. The maximum atomic E-state index is 12.5. The van der Waals surface area contributed by atoms with E-state index < -0.39 is 0 Å². The van der Waals surface area contributed by atoms with E-state index >= 15 is 0 Å². The Labute approximate surface area is 202 Å². The van der Waals surface area contributed by atoms with E-state index in [1.807, 2.05) is 25.1 Å². The van der Waals surface area contributed by atoms with Crippen molar-refractivity contribution in [2.24, 2.45) is 0 Å². The summed E-state index contributed by atoms with van der Waals surface area (Å²) in [5, 5.41) is 24.1. The fraction of sp³-hybridized carbons (Fsp3) is 0.143. The molecule has 2 heterocycles. The predicted octanol–water partition coefficient (Wildman–Crippen LogP) is 3.74. The van der Waals surface area contributed by atoms with Crippen LogP contribution in [0.15, 0.2) is 59.8 Å². The molecule has 0 atom stereocenters. The standard InChI is InChI=1S/C21H18ClN7O2S2/c1-13-25-27-20(33-13)24-18(30)12-32-21-28-26-17(29(21)16-9-5-8-15(22)10-16)11-23-19(31)14-6-3-2-4-7-14/h2-10H,11-12H2,1H3,(H,23,31)(H,24,27,30). The van der Waals surface area contributed by atoms with E-state index in [-0.39, 0.29) is 24.1 Å². The van der Waals surface area contributed by atoms with Crippen LogP contribution < -0.4 is 10.6 Å². The molecule has 0 aliphatic rings. The Morgan fingerprint density at radius 2 is 1.88 bits per heavy atom. The first-order chi connectivity index (χ1) is 16.0. The van der Waals surface area contributed by atoms with E-state index in [0.29, 0.717) is 26.7 Å². The summed E-state index contributed by atoms with van der Waals surface area (Å²) in [4.78, 5) is 24.8. The highest BCUT2D eigenvalue weighted by Gasteiger charge is 2.18. The smallest absolute Gasteiger partial charge is 0.251 e. The lowest BCUT2D eigenvalue weighted by atomic mass is 10.2. The van der Waals surface area contributed by atoms with Crippen LogP contribution in [0.3, 0.4) is 0 Å². The van der Waals surface area contributed by atoms with Gasteiger partial charge in [0.05, 0.1) is 18.0 Å². The molecule has 33 heavy (non-hydrogen) atoms. The highest BCUT2D eigenvalue weighted by atomic mass is 35.5. The topological polar surface area (TPSA) is 115 Å². The van der Waals surface area contributed by atoms with E-state index in [2.05, 4.69) is 31.0 Å². The molecule has 168 valence electrons. The molecule has 0 saturated heterocycles. The van der Waals surface area contributed by atoms with Crippen molar-refractivity contribution in [3.05, 3.63) is 76.0 Å². The van der Waals surface area contributed by atoms with Gasteiger partial charge in [0, 0.05) is 10.6 Å². The number of halogens is 1. The summed E-state index contributed by atoms with van der Waals surface area (Å²) in [7, 11) is 0. The van der Waals surface area contributed by atoms with Crippen LogP contribution in [0.4, 0.5) is 5.13 Å². The van der Waals surface area contributed by atoms with E-state index in [1.165, 1.54) is 23.1 Å². The number of carbonyl (C=O) groups excluding carboxylic acids is 2. The SMILES string of the molecule is Cc1nnc(NC(=O)CSc2nnc(CNC(=O)c3ccccc3)n2-c2cccc(Cl)c2)s1. The van der Waals surface area contributed by atoms with Gasteiger partial charge in [0.2, 0.25) is 11.0 Å². The second kappa shape index (κ2) is 10.6. The van der Waals surface area contributed by atoms with Crippen LogP contribution in [0.5, 0.6) is 0 Å². The molecule has 0 saturated carbocycles. The predicted molar refractivity (Wildman–Crippen MR) is 128 cm³/mol. The van der Waals surface area contributed by atoms with Gasteiger partial charge in [-0.2, -0.15) is 0 Å². The fourth-order valence-electron chi connectivity index (χ4n) is 2.87. The molecule has 2 aromatic carbocycles. The van der Waals surface area contributed by atoms with Crippen molar-refractivity contribution in [3.8, 4) is 5.69 Å². The maximum Gasteiger partial charge on any atom is 0.251 e. The number of carbonyl (C=O) groups is 2. The molecule has 9 nitrogen and oxygen atoms in total. The van der Waals surface area contributed by atoms with Crippen molar-refractivity contribution in [2.75, 3.05) is 11.1 Å². The van der Waals surface area contributed by atoms with Crippen LogP contribution in [0.1, 0.15) is 21.2 Å². The van der Waals surface area contributed by atoms with Crippen molar-refractivity contribution < 1.29 is 9.59 Å². The van der Waals surface area contributed by atoms with Crippen LogP contribution in [-0.2, 0) is 11.3 Å². The lowest BCUT2D eigenvalue weighted by molar-refractivity contribution is -0.113. The molecule has 0 aliphatic carbocycles. The average molecular weight is 500 g/mol. The van der Waals surface area contributed by atoms with Crippen LogP contribution in [-0.4, -0.2) is 42.5 Å². The summed E-state index contributed by atoms with van der Waals surface area (Å²) in [6.07, 6.45) is 0. The molecule has 0 radical (unpaired) electrons. The van der Waals surface area contributed by atoms with E-state index in [9.17, 15) is 9.59 Å². The molecule has 2 aromatic heterocycles. The van der Waals surface area contributed by atoms with Gasteiger partial charge in [0.15, 0.2) is 11.0 Å². The highest BCUT2D eigenvalue weighted by molar-refractivity contribution is 7.99. The molecular formula is C21H18ClN7O2S2. The maximum absolute atomic E-state index is 12.5. The monoisotopic (exact) mass is 499 g/mol. The van der Waals surface area contributed by atoms with Crippen LogP contribution in [0.25, 0.3) is 5.69 Å². The van der Waals surface area contributed by atoms with Crippen molar-refractivity contribution >= 4 is 51.6 Å². The molecule has 4 aromatic rings. The zero-order valence-electron chi connectivity index (χ0n) is 17.4. The number of thioether (sulfide) groups is 1. The molecule has 2 amide bonds. The lowest BCUT2D eigenvalue weighted by Gasteiger charge is -2.11. The third kappa shape index (κ3) is 5.95. The van der Waals surface area contributed by atoms with Crippen LogP contribution >= 0.6 is 34.7 Å². The number of aromatic nitrogens is 5. The number of rotatable bonds is 8. The number of amides is 2. The van der Waals surface area contributed by atoms with Crippen LogP contribution in [0, 0.1) is 6.92 Å². The third-order valence-corrected chi connectivity index (χ3v) is 6.23. The Morgan fingerprint density at radius 1 is 1.06 bits per heavy atom. The molecular weight excluding hydrogens is 482 g/mol. The van der Waals surface area contributed by atoms with E-state index in [1.54, 1.807) is 41.0 Å². The van der Waals surface area contributed by atoms with Crippen LogP contribution in [0.2, 0.25) is 5.02 Å². The Hall–Kier alpha value is -3.28. The van der Waals surface area contributed by atoms with Gasteiger partial charge in [0.25, 0.3) is 5.91 Å². The summed E-state index contributed by atoms with van der Waals surface area (Å²) < 4.78 is 1.77. The Balaban J connectivity index is 1.51. The molecule has 0 unspecified atom stereocenters. The number of nitrogens with zero attached hydrogens (tertiary/aromatic N) is 5. The summed E-state index contributed by atoms with van der Waals surface area (Å²) in [6.45, 7) is 1.96. The number of nitrogens with one attached hydrogen (secondary N) is 2. The molecule has 0 fully saturated rings. The summed E-state index contributed by atoms with van der Waals surface area (Å²) in [6, 6.07) is 16.1. The summed E-state index contributed by atoms with van der Waals surface area (Å²) in [5.74, 6) is 0.130. The summed E-state index contributed by atoms with van der Waals surface area (Å²) in [5.41, 5.74) is 1.27. The molecule has 0 aliphatic heterocycles. The lowest BCUT2D eigenvalue weighted by Crippen LogP contribution is -2.24. The van der Waals surface area contributed by atoms with Crippen molar-refractivity contribution in [1.29, 1.82) is 0 Å². The minimum atomic E-state index is -0.240. The second-order valence-electron chi connectivity index (χ2n) is 6.73. The van der Waals surface area contributed by atoms with Gasteiger partial charge < -0.3 is 5.32 Å². The second-order valence-corrected chi connectivity index (χ2v) is 9.29. The third-order valence-electron chi connectivity index (χ3n) is 4.31. The van der Waals surface area contributed by atoms with Gasteiger partial charge in [-0.1, -0.05) is 59.0 Å². The Kier molecular flexibility index (Phi) is 7.33. The number of hydrogen-bond acceptors (Lipinski definition) is 8. The molecule has 4 rings (SSSR count). The van der Waals surface area contributed by atoms with E-state index in [4.69, 9.17) is 11.6 Å². The van der Waals surface area contributed by atoms with Gasteiger partial charge in [-0.15, -0.1) is 20.4 Å². The quantitative estimate of drug-likeness (QED) is 0.355. The number of benzene rings is 2. The summed E-state index contributed by atoms with van der Waals surface area (Å²) >= 11 is 8.70. The van der Waals surface area contributed by atoms with E-state index in [0.717, 1.165) is 10.7 Å². The molecule has 2 N–H and O–H groups in total. The first kappa shape index (κ1) is 22.9. The van der Waals surface area contributed by atoms with Crippen molar-refractivity contribution in [3.63, 3.8) is 0 Å². The highest BCUT2D eigenvalue weighted by Crippen LogP contribution is 2.24. The van der Waals surface area contributed by atoms with Gasteiger partial charge in [-0.3, -0.25) is 19.5 Å². The van der Waals surface area contributed by atoms with Crippen molar-refractivity contribution in [1.82, 2.24) is 30.3 Å². The minimum Gasteiger partial charge on any atom is -0.345 e. The number of anilines is 1. The van der Waals surface area contributed by atoms with Gasteiger partial charge in [-0.25, -0.2) is 0 Å². The molecule has 12 heteroatoms. The zero-order valence-corrected chi connectivity index (χ0v) is 19.7. The van der Waals surface area contributed by atoms with Gasteiger partial charge in [0.1, 0.15) is 5.01 Å². The van der Waals surface area contributed by atoms with Crippen molar-refractivity contribution in [2.45, 2.75) is 18.6 Å². The van der Waals surface area contributed by atoms with Gasteiger partial charge >= 0.3 is 0 Å². The number of aryl methyl sites for hydroxylation is 1. The molecule has 0 bridgehead atoms. The normalized spacial score (nSPS) is 10.7. The van der Waals surface area contributed by atoms with Gasteiger partial charge in [-0.05, 0) is 37.3 Å². The Bertz CT molecular complexity index is 1280. The average Bonchev–Trinajstić information content (AvgIpc) is 3.42. The zero-order chi connectivity index (χ0) is 23.2. The first-order valence-corrected chi connectivity index (χ1v) is 11.9. The fourth-order valence-corrected chi connectivity index (χ4v) is 4.43. The number of hydrogen-bond donors (Lipinski definition) is 2.